The Bertz CT molecular complexity index is 404. The first-order valence-corrected chi connectivity index (χ1v) is 5.86. The minimum Gasteiger partial charge on any atom is -0.282 e. The van der Waals surface area contributed by atoms with Gasteiger partial charge in [0.1, 0.15) is 0 Å². The minimum atomic E-state index is -4.09. The Morgan fingerprint density at radius 2 is 1.69 bits per heavy atom. The van der Waals surface area contributed by atoms with E-state index in [1.165, 1.54) is 18.2 Å². The predicted octanol–water partition coefficient (Wildman–Crippen LogP) is 2.08. The molecule has 0 aliphatic rings. The molecule has 1 N–H and O–H groups in total. The summed E-state index contributed by atoms with van der Waals surface area (Å²) in [6.45, 7) is 0. The van der Waals surface area contributed by atoms with Crippen molar-refractivity contribution < 1.29 is 13.0 Å². The Morgan fingerprint density at radius 1 is 1.15 bits per heavy atom. The summed E-state index contributed by atoms with van der Waals surface area (Å²) in [4.78, 5) is -0.127. The molecule has 69 valence electrons. The Morgan fingerprint density at radius 3 is 2.08 bits per heavy atom. The first-order chi connectivity index (χ1) is 5.41. The van der Waals surface area contributed by atoms with Crippen LogP contribution in [0.4, 0.5) is 0 Å². The summed E-state index contributed by atoms with van der Waals surface area (Å²) in [6, 6.07) is 4.16. The van der Waals surface area contributed by atoms with Crippen LogP contribution >= 0.6 is 31.9 Å². The molecule has 0 saturated carbocycles. The topological polar surface area (TPSA) is 54.4 Å². The van der Waals surface area contributed by atoms with E-state index >= 15 is 0 Å². The van der Waals surface area contributed by atoms with Crippen LogP contribution < -0.4 is 0 Å². The minimum absolute atomic E-state index is 0. The molecule has 0 saturated heterocycles. The van der Waals surface area contributed by atoms with E-state index in [1.807, 2.05) is 0 Å². The van der Waals surface area contributed by atoms with Gasteiger partial charge in [0.25, 0.3) is 10.1 Å². The smallest absolute Gasteiger partial charge is 0.282 e. The van der Waals surface area contributed by atoms with Gasteiger partial charge >= 0.3 is 0 Å². The van der Waals surface area contributed by atoms with E-state index < -0.39 is 10.1 Å². The van der Waals surface area contributed by atoms with Gasteiger partial charge in [0.2, 0.25) is 0 Å². The van der Waals surface area contributed by atoms with Crippen LogP contribution in [0.1, 0.15) is 0 Å². The summed E-state index contributed by atoms with van der Waals surface area (Å²) in [7, 11) is -4.09. The molecule has 0 fully saturated rings. The molecule has 0 atom stereocenters. The van der Waals surface area contributed by atoms with E-state index in [1.54, 1.807) is 0 Å². The number of benzene rings is 1. The van der Waals surface area contributed by atoms with E-state index in [0.29, 0.717) is 4.47 Å². The van der Waals surface area contributed by atoms with E-state index in [9.17, 15) is 8.42 Å². The molecule has 13 heavy (non-hydrogen) atoms. The monoisotopic (exact) mass is 429 g/mol. The molecule has 0 aliphatic carbocycles. The van der Waals surface area contributed by atoms with Crippen molar-refractivity contribution in [1.29, 1.82) is 0 Å². The first-order valence-electron chi connectivity index (χ1n) is 2.84. The van der Waals surface area contributed by atoms with Crippen molar-refractivity contribution in [1.82, 2.24) is 0 Å². The van der Waals surface area contributed by atoms with Crippen molar-refractivity contribution in [3.63, 3.8) is 0 Å². The molecule has 0 heterocycles. The summed E-state index contributed by atoms with van der Waals surface area (Å²) >= 11 is 6.29. The third kappa shape index (κ3) is 3.91. The number of hydrogen-bond donors (Lipinski definition) is 1. The summed E-state index contributed by atoms with van der Waals surface area (Å²) in [6.07, 6.45) is 0. The average Bonchev–Trinajstić information content (AvgIpc) is 1.92. The molecule has 3 nitrogen and oxygen atoms in total. The van der Waals surface area contributed by atoms with Crippen LogP contribution in [0.25, 0.3) is 0 Å². The molecule has 0 aliphatic heterocycles. The fraction of sp³-hybridized carbons (Fsp3) is 0. The van der Waals surface area contributed by atoms with Gasteiger partial charge in [0.15, 0.2) is 0 Å². The molecule has 0 unspecified atom stereocenters. The summed E-state index contributed by atoms with van der Waals surface area (Å²) < 4.78 is 31.2. The van der Waals surface area contributed by atoms with Crippen LogP contribution in [-0.4, -0.2) is 38.8 Å². The normalized spacial score (nSPS) is 10.7. The van der Waals surface area contributed by atoms with Crippen molar-refractivity contribution in [2.24, 2.45) is 0 Å². The van der Waals surface area contributed by atoms with Crippen LogP contribution in [0, 0.1) is 0 Å². The van der Waals surface area contributed by atoms with Gasteiger partial charge in [-0.25, -0.2) is 0 Å². The van der Waals surface area contributed by atoms with Crippen molar-refractivity contribution in [3.05, 3.63) is 27.1 Å². The van der Waals surface area contributed by atoms with Crippen molar-refractivity contribution >= 4 is 67.8 Å². The summed E-state index contributed by atoms with van der Waals surface area (Å²) in [5.41, 5.74) is 0. The van der Waals surface area contributed by atoms with Gasteiger partial charge < -0.3 is 0 Å². The molecule has 1 rings (SSSR count). The van der Waals surface area contributed by atoms with Crippen LogP contribution in [-0.2, 0) is 10.1 Å². The SMILES string of the molecule is O=S(=O)(O)c1ccc(Br)c(Br)c1.[In]. The molecule has 0 aromatic heterocycles. The molecule has 1 aromatic carbocycles. The van der Waals surface area contributed by atoms with Crippen LogP contribution in [0.2, 0.25) is 0 Å². The number of rotatable bonds is 1. The Hall–Kier alpha value is 0.960. The Kier molecular flexibility index (Phi) is 5.54. The number of halogens is 2. The van der Waals surface area contributed by atoms with Gasteiger partial charge in [-0.3, -0.25) is 4.55 Å². The van der Waals surface area contributed by atoms with Crippen molar-refractivity contribution in [2.45, 2.75) is 4.90 Å². The fourth-order valence-electron chi connectivity index (χ4n) is 0.637. The van der Waals surface area contributed by atoms with Gasteiger partial charge in [0.05, 0.1) is 4.90 Å². The van der Waals surface area contributed by atoms with Gasteiger partial charge in [-0.1, -0.05) is 0 Å². The van der Waals surface area contributed by atoms with Crippen molar-refractivity contribution in [2.75, 3.05) is 0 Å². The fourth-order valence-corrected chi connectivity index (χ4v) is 1.92. The van der Waals surface area contributed by atoms with Crippen LogP contribution in [0.5, 0.6) is 0 Å². The van der Waals surface area contributed by atoms with Gasteiger partial charge in [-0.05, 0) is 50.1 Å². The second kappa shape index (κ2) is 5.16. The summed E-state index contributed by atoms with van der Waals surface area (Å²) in [5.74, 6) is 0. The zero-order valence-electron chi connectivity index (χ0n) is 6.24. The Labute approximate surface area is 112 Å². The quantitative estimate of drug-likeness (QED) is 0.694. The van der Waals surface area contributed by atoms with E-state index in [0.717, 1.165) is 4.47 Å². The average molecular weight is 431 g/mol. The molecule has 0 spiro atoms. The molecule has 7 heteroatoms. The zero-order valence-corrected chi connectivity index (χ0v) is 13.5. The Balaban J connectivity index is 0.00000144. The maximum absolute atomic E-state index is 10.6. The second-order valence-electron chi connectivity index (χ2n) is 2.05. The molecule has 1 aromatic rings. The van der Waals surface area contributed by atoms with Crippen molar-refractivity contribution in [3.8, 4) is 0 Å². The molecular formula is C6H4Br2InO3S. The van der Waals surface area contributed by atoms with Crippen LogP contribution in [0.15, 0.2) is 32.0 Å². The third-order valence-corrected chi connectivity index (χ3v) is 3.92. The molecule has 0 bridgehead atoms. The molecule has 0 amide bonds. The zero-order chi connectivity index (χ0) is 9.35. The van der Waals surface area contributed by atoms with E-state index in [2.05, 4.69) is 31.9 Å². The standard InChI is InChI=1S/C6H4Br2O3S.In/c7-5-2-1-4(3-6(5)8)12(9,10)11;/h1-3H,(H,9,10,11);. The predicted molar refractivity (Wildman–Crippen MR) is 57.4 cm³/mol. The molecular weight excluding hydrogens is 427 g/mol. The molecule has 3 radical (unpaired) electrons. The largest absolute Gasteiger partial charge is 0.294 e. The second-order valence-corrected chi connectivity index (χ2v) is 5.18. The van der Waals surface area contributed by atoms with Crippen LogP contribution in [0.3, 0.4) is 0 Å². The van der Waals surface area contributed by atoms with Gasteiger partial charge in [-0.2, -0.15) is 8.42 Å². The maximum atomic E-state index is 10.6. The van der Waals surface area contributed by atoms with Gasteiger partial charge in [0, 0.05) is 34.8 Å². The maximum Gasteiger partial charge on any atom is 0.294 e. The van der Waals surface area contributed by atoms with Gasteiger partial charge in [-0.15, -0.1) is 0 Å². The van der Waals surface area contributed by atoms with E-state index in [4.69, 9.17) is 4.55 Å². The number of hydrogen-bond acceptors (Lipinski definition) is 2. The third-order valence-electron chi connectivity index (χ3n) is 1.19. The first kappa shape index (κ1) is 14.0. The summed E-state index contributed by atoms with van der Waals surface area (Å²) in [5, 5.41) is 0. The van der Waals surface area contributed by atoms with E-state index in [-0.39, 0.29) is 30.7 Å².